The Hall–Kier alpha value is -1.90. The number of rotatable bonds is 3. The zero-order chi connectivity index (χ0) is 15.9. The van der Waals surface area contributed by atoms with E-state index in [9.17, 15) is 9.59 Å². The van der Waals surface area contributed by atoms with E-state index in [2.05, 4.69) is 18.7 Å². The van der Waals surface area contributed by atoms with Crippen molar-refractivity contribution in [2.45, 2.75) is 39.2 Å². The molecule has 116 valence electrons. The van der Waals surface area contributed by atoms with Gasteiger partial charge in [-0.1, -0.05) is 57.0 Å². The van der Waals surface area contributed by atoms with E-state index in [1.165, 1.54) is 12.8 Å². The fourth-order valence-electron chi connectivity index (χ4n) is 3.85. The van der Waals surface area contributed by atoms with E-state index in [0.717, 1.165) is 12.0 Å². The molecule has 1 saturated carbocycles. The molecule has 3 heteroatoms. The van der Waals surface area contributed by atoms with E-state index in [-0.39, 0.29) is 10.9 Å². The summed E-state index contributed by atoms with van der Waals surface area (Å²) in [7, 11) is 1.97. The first-order valence-electron chi connectivity index (χ1n) is 8.14. The zero-order valence-corrected chi connectivity index (χ0v) is 13.5. The number of hydrogen-bond acceptors (Lipinski definition) is 3. The van der Waals surface area contributed by atoms with Crippen LogP contribution in [0.1, 0.15) is 33.1 Å². The van der Waals surface area contributed by atoms with E-state index in [4.69, 9.17) is 0 Å². The standard InChI is InChI=1S/C19H23NO2/c1-12-8-7-11-15(13(12)2)20(3)17-16(18(21)19(17)22)14-9-5-4-6-10-14/h4-6,9-10,12-13,15H,7-8,11H2,1-3H3. The van der Waals surface area contributed by atoms with Crippen molar-refractivity contribution < 1.29 is 0 Å². The summed E-state index contributed by atoms with van der Waals surface area (Å²) in [6.45, 7) is 4.55. The summed E-state index contributed by atoms with van der Waals surface area (Å²) in [5.74, 6) is 1.19. The van der Waals surface area contributed by atoms with Crippen molar-refractivity contribution in [3.05, 3.63) is 50.8 Å². The maximum atomic E-state index is 12.2. The minimum Gasteiger partial charge on any atom is -0.367 e. The van der Waals surface area contributed by atoms with Gasteiger partial charge in [-0.15, -0.1) is 0 Å². The Labute approximate surface area is 131 Å². The predicted octanol–water partition coefficient (Wildman–Crippen LogP) is 3.21. The van der Waals surface area contributed by atoms with Crippen LogP contribution in [0.2, 0.25) is 0 Å². The number of anilines is 1. The monoisotopic (exact) mass is 297 g/mol. The summed E-state index contributed by atoms with van der Waals surface area (Å²) in [5.41, 5.74) is 1.39. The molecule has 3 unspecified atom stereocenters. The van der Waals surface area contributed by atoms with Crippen LogP contribution in [0, 0.1) is 11.8 Å². The highest BCUT2D eigenvalue weighted by molar-refractivity contribution is 5.82. The maximum absolute atomic E-state index is 12.2. The molecule has 1 aliphatic rings. The molecule has 3 rings (SSSR count). The third kappa shape index (κ3) is 2.29. The minimum atomic E-state index is -0.343. The van der Waals surface area contributed by atoms with Crippen LogP contribution in [0.25, 0.3) is 11.1 Å². The topological polar surface area (TPSA) is 37.4 Å². The van der Waals surface area contributed by atoms with Crippen molar-refractivity contribution in [1.29, 1.82) is 0 Å². The molecule has 0 aliphatic heterocycles. The summed E-state index contributed by atoms with van der Waals surface area (Å²) in [6, 6.07) is 9.88. The number of benzene rings is 1. The first kappa shape index (κ1) is 15.0. The van der Waals surface area contributed by atoms with Crippen molar-refractivity contribution in [2.75, 3.05) is 11.9 Å². The lowest BCUT2D eigenvalue weighted by Gasteiger charge is -2.41. The molecule has 0 saturated heterocycles. The third-order valence-electron chi connectivity index (χ3n) is 5.46. The molecule has 0 bridgehead atoms. The fraction of sp³-hybridized carbons (Fsp3) is 0.474. The Bertz CT molecular complexity index is 728. The van der Waals surface area contributed by atoms with Gasteiger partial charge in [0.1, 0.15) is 5.69 Å². The van der Waals surface area contributed by atoms with Gasteiger partial charge in [0.2, 0.25) is 10.9 Å². The van der Waals surface area contributed by atoms with Crippen LogP contribution in [0.3, 0.4) is 0 Å². The summed E-state index contributed by atoms with van der Waals surface area (Å²) in [5, 5.41) is 0. The molecule has 1 aliphatic carbocycles. The second-order valence-electron chi connectivity index (χ2n) is 6.69. The van der Waals surface area contributed by atoms with E-state index < -0.39 is 0 Å². The Balaban J connectivity index is 1.98. The SMILES string of the molecule is CC1CCCC(N(C)c2c(-c3ccccc3)c(=O)c2=O)C1C. The van der Waals surface area contributed by atoms with Crippen molar-refractivity contribution in [1.82, 2.24) is 0 Å². The van der Waals surface area contributed by atoms with Crippen molar-refractivity contribution in [3.8, 4) is 11.1 Å². The molecule has 22 heavy (non-hydrogen) atoms. The Morgan fingerprint density at radius 3 is 2.36 bits per heavy atom. The van der Waals surface area contributed by atoms with Gasteiger partial charge in [-0.2, -0.15) is 0 Å². The van der Waals surface area contributed by atoms with Gasteiger partial charge >= 0.3 is 0 Å². The van der Waals surface area contributed by atoms with Gasteiger partial charge in [0.25, 0.3) is 0 Å². The lowest BCUT2D eigenvalue weighted by atomic mass is 9.77. The lowest BCUT2D eigenvalue weighted by molar-refractivity contribution is 0.234. The summed E-state index contributed by atoms with van der Waals surface area (Å²) in [4.78, 5) is 26.3. The van der Waals surface area contributed by atoms with Crippen LogP contribution < -0.4 is 15.8 Å². The second kappa shape index (κ2) is 5.71. The fourth-order valence-corrected chi connectivity index (χ4v) is 3.85. The molecule has 3 atom stereocenters. The molecular weight excluding hydrogens is 274 g/mol. The van der Waals surface area contributed by atoms with Crippen LogP contribution >= 0.6 is 0 Å². The molecule has 0 aromatic heterocycles. The first-order valence-corrected chi connectivity index (χ1v) is 8.14. The maximum Gasteiger partial charge on any atom is 0.250 e. The highest BCUT2D eigenvalue weighted by Crippen LogP contribution is 2.36. The molecule has 0 N–H and O–H groups in total. The Kier molecular flexibility index (Phi) is 3.90. The molecule has 1 fully saturated rings. The predicted molar refractivity (Wildman–Crippen MR) is 91.2 cm³/mol. The lowest BCUT2D eigenvalue weighted by Crippen LogP contribution is -2.48. The molecule has 0 amide bonds. The largest absolute Gasteiger partial charge is 0.367 e. The normalized spacial score (nSPS) is 25.3. The van der Waals surface area contributed by atoms with Gasteiger partial charge in [0.15, 0.2) is 0 Å². The smallest absolute Gasteiger partial charge is 0.250 e. The van der Waals surface area contributed by atoms with Gasteiger partial charge in [-0.05, 0) is 23.8 Å². The average Bonchev–Trinajstić information content (AvgIpc) is 2.54. The first-order chi connectivity index (χ1) is 10.5. The van der Waals surface area contributed by atoms with E-state index in [1.807, 2.05) is 37.4 Å². The molecular formula is C19H23NO2. The van der Waals surface area contributed by atoms with Crippen LogP contribution in [0.15, 0.2) is 39.9 Å². The van der Waals surface area contributed by atoms with E-state index >= 15 is 0 Å². The molecule has 0 radical (unpaired) electrons. The van der Waals surface area contributed by atoms with Gasteiger partial charge < -0.3 is 4.90 Å². The van der Waals surface area contributed by atoms with Gasteiger partial charge in [0.05, 0.1) is 5.56 Å². The second-order valence-corrected chi connectivity index (χ2v) is 6.69. The van der Waals surface area contributed by atoms with Crippen molar-refractivity contribution in [2.24, 2.45) is 11.8 Å². The van der Waals surface area contributed by atoms with Crippen LogP contribution in [0.5, 0.6) is 0 Å². The molecule has 2 aromatic carbocycles. The van der Waals surface area contributed by atoms with Gasteiger partial charge in [0, 0.05) is 13.1 Å². The van der Waals surface area contributed by atoms with Crippen molar-refractivity contribution in [3.63, 3.8) is 0 Å². The molecule has 0 spiro atoms. The summed E-state index contributed by atoms with van der Waals surface area (Å²) < 4.78 is 0. The average molecular weight is 297 g/mol. The third-order valence-corrected chi connectivity index (χ3v) is 5.46. The zero-order valence-electron chi connectivity index (χ0n) is 13.5. The van der Waals surface area contributed by atoms with Crippen LogP contribution in [0.4, 0.5) is 5.69 Å². The van der Waals surface area contributed by atoms with Crippen molar-refractivity contribution >= 4 is 5.69 Å². The van der Waals surface area contributed by atoms with E-state index in [0.29, 0.717) is 29.1 Å². The number of nitrogens with zero attached hydrogens (tertiary/aromatic N) is 1. The van der Waals surface area contributed by atoms with Crippen LogP contribution in [-0.4, -0.2) is 13.1 Å². The number of hydrogen-bond donors (Lipinski definition) is 0. The summed E-state index contributed by atoms with van der Waals surface area (Å²) in [6.07, 6.45) is 3.54. The Morgan fingerprint density at radius 1 is 1.00 bits per heavy atom. The van der Waals surface area contributed by atoms with Crippen LogP contribution in [-0.2, 0) is 0 Å². The Morgan fingerprint density at radius 2 is 1.68 bits per heavy atom. The molecule has 0 heterocycles. The quantitative estimate of drug-likeness (QED) is 0.816. The summed E-state index contributed by atoms with van der Waals surface area (Å²) >= 11 is 0. The molecule has 2 aromatic rings. The van der Waals surface area contributed by atoms with Gasteiger partial charge in [-0.25, -0.2) is 0 Å². The molecule has 3 nitrogen and oxygen atoms in total. The van der Waals surface area contributed by atoms with Gasteiger partial charge in [-0.3, -0.25) is 9.59 Å². The van der Waals surface area contributed by atoms with E-state index in [1.54, 1.807) is 0 Å². The highest BCUT2D eigenvalue weighted by Gasteiger charge is 2.34. The minimum absolute atomic E-state index is 0.327. The highest BCUT2D eigenvalue weighted by atomic mass is 16.2.